The average Bonchev–Trinajstić information content (AvgIpc) is 2.28. The van der Waals surface area contributed by atoms with E-state index in [0.717, 1.165) is 0 Å². The van der Waals surface area contributed by atoms with Crippen LogP contribution in [0, 0.1) is 0 Å². The van der Waals surface area contributed by atoms with Crippen molar-refractivity contribution in [3.8, 4) is 0 Å². The van der Waals surface area contributed by atoms with Gasteiger partial charge in [0.05, 0.1) is 0 Å². The Morgan fingerprint density at radius 3 is 1.70 bits per heavy atom. The molecule has 1 fully saturated rings. The Kier molecular flexibility index (Phi) is 6.76. The van der Waals surface area contributed by atoms with Gasteiger partial charge in [-0.2, -0.15) is 26.3 Å². The third kappa shape index (κ3) is 7.81. The van der Waals surface area contributed by atoms with Crippen LogP contribution in [0.2, 0.25) is 0 Å². The van der Waals surface area contributed by atoms with Gasteiger partial charge in [0.15, 0.2) is 0 Å². The molecule has 118 valence electrons. The lowest BCUT2D eigenvalue weighted by molar-refractivity contribution is -0.192. The molecule has 1 aliphatic heterocycles. The van der Waals surface area contributed by atoms with Crippen LogP contribution in [-0.2, 0) is 9.59 Å². The molecular formula is C9H12F6N2O3. The number of carbonyl (C=O) groups excluding carboxylic acids is 1. The fourth-order valence-electron chi connectivity index (χ4n) is 1.23. The van der Waals surface area contributed by atoms with E-state index in [1.165, 1.54) is 0 Å². The Balaban J connectivity index is 0.000000441. The van der Waals surface area contributed by atoms with Crippen molar-refractivity contribution < 1.29 is 41.0 Å². The lowest BCUT2D eigenvalue weighted by atomic mass is 10.1. The molecule has 1 rings (SSSR count). The SMILES string of the molecule is O=C(NC1CCNCC1)C(F)(F)F.O=C(O)C(F)(F)F. The van der Waals surface area contributed by atoms with Gasteiger partial charge < -0.3 is 15.7 Å². The van der Waals surface area contributed by atoms with E-state index in [4.69, 9.17) is 9.90 Å². The summed E-state index contributed by atoms with van der Waals surface area (Å²) >= 11 is 0. The van der Waals surface area contributed by atoms with Gasteiger partial charge in [0, 0.05) is 6.04 Å². The summed E-state index contributed by atoms with van der Waals surface area (Å²) in [5.74, 6) is -4.59. The number of hydrogen-bond acceptors (Lipinski definition) is 3. The van der Waals surface area contributed by atoms with Crippen molar-refractivity contribution in [1.82, 2.24) is 10.6 Å². The highest BCUT2D eigenvalue weighted by Gasteiger charge is 2.39. The molecule has 0 unspecified atom stereocenters. The quantitative estimate of drug-likeness (QED) is 0.633. The fraction of sp³-hybridized carbons (Fsp3) is 0.778. The number of carboxylic acids is 1. The van der Waals surface area contributed by atoms with Crippen molar-refractivity contribution in [3.05, 3.63) is 0 Å². The van der Waals surface area contributed by atoms with Gasteiger partial charge in [0.25, 0.3) is 0 Å². The van der Waals surface area contributed by atoms with E-state index in [0.29, 0.717) is 25.9 Å². The molecule has 1 aliphatic rings. The smallest absolute Gasteiger partial charge is 0.475 e. The van der Waals surface area contributed by atoms with Crippen LogP contribution >= 0.6 is 0 Å². The zero-order valence-electron chi connectivity index (χ0n) is 9.94. The van der Waals surface area contributed by atoms with Crippen molar-refractivity contribution in [2.75, 3.05) is 13.1 Å². The van der Waals surface area contributed by atoms with Crippen molar-refractivity contribution in [1.29, 1.82) is 0 Å². The predicted octanol–water partition coefficient (Wildman–Crippen LogP) is 1.05. The van der Waals surface area contributed by atoms with Gasteiger partial charge in [0.1, 0.15) is 0 Å². The highest BCUT2D eigenvalue weighted by Crippen LogP contribution is 2.15. The van der Waals surface area contributed by atoms with Crippen LogP contribution in [-0.4, -0.2) is 48.5 Å². The number of carbonyl (C=O) groups is 2. The summed E-state index contributed by atoms with van der Waals surface area (Å²) < 4.78 is 67.1. The van der Waals surface area contributed by atoms with Gasteiger partial charge in [-0.3, -0.25) is 4.79 Å². The summed E-state index contributed by atoms with van der Waals surface area (Å²) in [7, 11) is 0. The Morgan fingerprint density at radius 2 is 1.40 bits per heavy atom. The summed E-state index contributed by atoms with van der Waals surface area (Å²) in [4.78, 5) is 19.4. The number of nitrogens with one attached hydrogen (secondary N) is 2. The molecule has 0 aromatic carbocycles. The summed E-state index contributed by atoms with van der Waals surface area (Å²) in [5, 5.41) is 12.1. The Morgan fingerprint density at radius 1 is 1.00 bits per heavy atom. The minimum Gasteiger partial charge on any atom is -0.475 e. The van der Waals surface area contributed by atoms with Crippen LogP contribution in [0.5, 0.6) is 0 Å². The molecule has 3 N–H and O–H groups in total. The van der Waals surface area contributed by atoms with E-state index in [1.807, 2.05) is 5.32 Å². The predicted molar refractivity (Wildman–Crippen MR) is 53.8 cm³/mol. The van der Waals surface area contributed by atoms with Gasteiger partial charge in [-0.15, -0.1) is 0 Å². The molecule has 0 saturated carbocycles. The molecule has 0 radical (unpaired) electrons. The van der Waals surface area contributed by atoms with E-state index in [2.05, 4.69) is 5.32 Å². The summed E-state index contributed by atoms with van der Waals surface area (Å²) in [6, 6.07) is -0.338. The van der Waals surface area contributed by atoms with Gasteiger partial charge >= 0.3 is 24.2 Å². The van der Waals surface area contributed by atoms with Gasteiger partial charge in [-0.25, -0.2) is 4.79 Å². The number of alkyl halides is 6. The number of carboxylic acid groups (broad SMARTS) is 1. The van der Waals surface area contributed by atoms with E-state index in [9.17, 15) is 31.1 Å². The topological polar surface area (TPSA) is 78.4 Å². The third-order valence-corrected chi connectivity index (χ3v) is 2.17. The zero-order valence-corrected chi connectivity index (χ0v) is 9.94. The third-order valence-electron chi connectivity index (χ3n) is 2.17. The maximum absolute atomic E-state index is 11.8. The second kappa shape index (κ2) is 7.31. The molecule has 1 saturated heterocycles. The minimum atomic E-state index is -5.08. The van der Waals surface area contributed by atoms with Crippen molar-refractivity contribution in [2.24, 2.45) is 0 Å². The van der Waals surface area contributed by atoms with Crippen molar-refractivity contribution in [2.45, 2.75) is 31.2 Å². The molecule has 0 spiro atoms. The number of halogens is 6. The van der Waals surface area contributed by atoms with Crippen LogP contribution in [0.25, 0.3) is 0 Å². The van der Waals surface area contributed by atoms with Crippen molar-refractivity contribution in [3.63, 3.8) is 0 Å². The first-order chi connectivity index (χ1) is 8.94. The average molecular weight is 310 g/mol. The maximum Gasteiger partial charge on any atom is 0.490 e. The monoisotopic (exact) mass is 310 g/mol. The normalized spacial score (nSPS) is 16.9. The van der Waals surface area contributed by atoms with E-state index in [1.54, 1.807) is 0 Å². The Bertz CT molecular complexity index is 336. The molecule has 0 bridgehead atoms. The zero-order chi connectivity index (χ0) is 16.0. The highest BCUT2D eigenvalue weighted by molar-refractivity contribution is 5.81. The van der Waals surface area contributed by atoms with Crippen LogP contribution in [0.15, 0.2) is 0 Å². The number of aliphatic carboxylic acids is 1. The molecule has 0 aliphatic carbocycles. The molecule has 11 heteroatoms. The first-order valence-corrected chi connectivity index (χ1v) is 5.33. The largest absolute Gasteiger partial charge is 0.490 e. The van der Waals surface area contributed by atoms with Gasteiger partial charge in [0.2, 0.25) is 0 Å². The fourth-order valence-corrected chi connectivity index (χ4v) is 1.23. The van der Waals surface area contributed by atoms with Crippen LogP contribution < -0.4 is 10.6 Å². The molecule has 1 amide bonds. The first-order valence-electron chi connectivity index (χ1n) is 5.33. The van der Waals surface area contributed by atoms with E-state index >= 15 is 0 Å². The second-order valence-corrected chi connectivity index (χ2v) is 3.80. The lowest BCUT2D eigenvalue weighted by Gasteiger charge is -2.23. The van der Waals surface area contributed by atoms with Crippen LogP contribution in [0.3, 0.4) is 0 Å². The van der Waals surface area contributed by atoms with E-state index < -0.39 is 24.2 Å². The highest BCUT2D eigenvalue weighted by atomic mass is 19.4. The molecule has 0 aromatic heterocycles. The molecule has 1 heterocycles. The minimum absolute atomic E-state index is 0.338. The van der Waals surface area contributed by atoms with Gasteiger partial charge in [-0.05, 0) is 25.9 Å². The summed E-state index contributed by atoms with van der Waals surface area (Å²) in [6.07, 6.45) is -8.73. The lowest BCUT2D eigenvalue weighted by Crippen LogP contribution is -2.47. The van der Waals surface area contributed by atoms with Crippen LogP contribution in [0.1, 0.15) is 12.8 Å². The summed E-state index contributed by atoms with van der Waals surface area (Å²) in [6.45, 7) is 1.31. The standard InChI is InChI=1S/C7H11F3N2O.C2HF3O2/c8-7(9,10)6(13)12-5-1-3-11-4-2-5;3-2(4,5)1(6)7/h5,11H,1-4H2,(H,12,13);(H,6,7). The molecule has 0 aromatic rings. The first kappa shape index (κ1) is 18.5. The molecule has 20 heavy (non-hydrogen) atoms. The number of amides is 1. The number of rotatable bonds is 1. The molecular weight excluding hydrogens is 298 g/mol. The Labute approximate surface area is 109 Å². The summed E-state index contributed by atoms with van der Waals surface area (Å²) in [5.41, 5.74) is 0. The second-order valence-electron chi connectivity index (χ2n) is 3.80. The maximum atomic E-state index is 11.8. The van der Waals surface area contributed by atoms with Crippen LogP contribution in [0.4, 0.5) is 26.3 Å². The molecule has 0 atom stereocenters. The number of piperidine rings is 1. The molecule has 5 nitrogen and oxygen atoms in total. The van der Waals surface area contributed by atoms with E-state index in [-0.39, 0.29) is 6.04 Å². The Hall–Kier alpha value is -1.52. The van der Waals surface area contributed by atoms with Gasteiger partial charge in [-0.1, -0.05) is 0 Å². The number of hydrogen-bond donors (Lipinski definition) is 3. The van der Waals surface area contributed by atoms with Crippen molar-refractivity contribution >= 4 is 11.9 Å².